The molecule has 0 amide bonds. The minimum Gasteiger partial charge on any atom is -0.504 e. The molecule has 0 heterocycles. The number of aromatic hydroxyl groups is 1. The van der Waals surface area contributed by atoms with E-state index in [1.807, 2.05) is 25.1 Å². The number of phenols is 1. The van der Waals surface area contributed by atoms with Gasteiger partial charge in [-0.05, 0) is 79.0 Å². The fourth-order valence-corrected chi connectivity index (χ4v) is 3.22. The van der Waals surface area contributed by atoms with E-state index in [-0.39, 0.29) is 5.75 Å². The van der Waals surface area contributed by atoms with Crippen LogP contribution in [0.1, 0.15) is 12.5 Å². The van der Waals surface area contributed by atoms with Gasteiger partial charge < -0.3 is 14.6 Å². The number of phenolic OH excluding ortho intramolecular Hbond substituents is 1. The first kappa shape index (κ1) is 18.3. The Kier molecular flexibility index (Phi) is 6.50. The minimum atomic E-state index is 0.0400. The molecule has 4 nitrogen and oxygen atoms in total. The molecule has 2 aromatic carbocycles. The quantitative estimate of drug-likeness (QED) is 0.517. The molecule has 0 fully saturated rings. The average molecular weight is 508 g/mol. The van der Waals surface area contributed by atoms with E-state index in [0.29, 0.717) is 22.4 Å². The van der Waals surface area contributed by atoms with Gasteiger partial charge in [0.25, 0.3) is 0 Å². The molecule has 0 unspecified atom stereocenters. The average Bonchev–Trinajstić information content (AvgIpc) is 2.53. The smallest absolute Gasteiger partial charge is 0.167 e. The first-order chi connectivity index (χ1) is 11.0. The lowest BCUT2D eigenvalue weighted by molar-refractivity contribution is 0.317. The molecule has 2 rings (SSSR count). The van der Waals surface area contributed by atoms with Crippen LogP contribution in [0, 0.1) is 0 Å². The Morgan fingerprint density at radius 1 is 1.13 bits per heavy atom. The molecule has 0 aliphatic heterocycles. The highest BCUT2D eigenvalue weighted by atomic mass is 79.9. The largest absolute Gasteiger partial charge is 0.504 e. The van der Waals surface area contributed by atoms with Crippen LogP contribution in [0.5, 0.6) is 17.2 Å². The third kappa shape index (κ3) is 4.28. The number of halogens is 3. The Labute approximate surface area is 159 Å². The van der Waals surface area contributed by atoms with E-state index >= 15 is 0 Å². The van der Waals surface area contributed by atoms with Gasteiger partial charge in [0.15, 0.2) is 11.5 Å². The summed E-state index contributed by atoms with van der Waals surface area (Å²) in [7, 11) is 1.61. The van der Waals surface area contributed by atoms with Gasteiger partial charge >= 0.3 is 0 Å². The fraction of sp³-hybridized carbons (Fsp3) is 0.188. The van der Waals surface area contributed by atoms with Crippen molar-refractivity contribution in [1.29, 1.82) is 0 Å². The molecule has 0 bridgehead atoms. The van der Waals surface area contributed by atoms with Crippen molar-refractivity contribution in [2.24, 2.45) is 4.99 Å². The second kappa shape index (κ2) is 8.17. The van der Waals surface area contributed by atoms with Crippen molar-refractivity contribution in [2.75, 3.05) is 13.7 Å². The highest BCUT2D eigenvalue weighted by Crippen LogP contribution is 2.40. The van der Waals surface area contributed by atoms with Gasteiger partial charge in [-0.25, -0.2) is 0 Å². The standard InChI is InChI=1S/C16H14Br3NO3/c1-3-23-14-7-12(18)15(19)10(16(14)21)8-20-9-4-5-13(22-2)11(17)6-9/h4-8,21H,3H2,1-2H3. The van der Waals surface area contributed by atoms with E-state index < -0.39 is 0 Å². The number of hydrogen-bond acceptors (Lipinski definition) is 4. The summed E-state index contributed by atoms with van der Waals surface area (Å²) in [6.07, 6.45) is 1.58. The topological polar surface area (TPSA) is 51.0 Å². The van der Waals surface area contributed by atoms with Gasteiger partial charge in [-0.1, -0.05) is 0 Å². The number of methoxy groups -OCH3 is 1. The summed E-state index contributed by atoms with van der Waals surface area (Å²) in [5.74, 6) is 1.17. The molecule has 23 heavy (non-hydrogen) atoms. The molecule has 0 atom stereocenters. The third-order valence-electron chi connectivity index (χ3n) is 2.97. The van der Waals surface area contributed by atoms with E-state index in [4.69, 9.17) is 9.47 Å². The summed E-state index contributed by atoms with van der Waals surface area (Å²) in [4.78, 5) is 4.40. The van der Waals surface area contributed by atoms with Crippen LogP contribution in [0.2, 0.25) is 0 Å². The van der Waals surface area contributed by atoms with Gasteiger partial charge in [-0.2, -0.15) is 0 Å². The van der Waals surface area contributed by atoms with Crippen LogP contribution < -0.4 is 9.47 Å². The normalized spacial score (nSPS) is 11.0. The molecule has 0 aliphatic rings. The molecular formula is C16H14Br3NO3. The molecule has 0 radical (unpaired) electrons. The van der Waals surface area contributed by atoms with Crippen molar-refractivity contribution in [1.82, 2.24) is 0 Å². The van der Waals surface area contributed by atoms with Gasteiger partial charge in [0.2, 0.25) is 0 Å². The van der Waals surface area contributed by atoms with Crippen molar-refractivity contribution in [2.45, 2.75) is 6.92 Å². The molecule has 1 N–H and O–H groups in total. The Morgan fingerprint density at radius 3 is 2.48 bits per heavy atom. The number of hydrogen-bond donors (Lipinski definition) is 1. The van der Waals surface area contributed by atoms with E-state index in [2.05, 4.69) is 52.8 Å². The van der Waals surface area contributed by atoms with E-state index in [1.165, 1.54) is 0 Å². The van der Waals surface area contributed by atoms with Crippen molar-refractivity contribution in [3.8, 4) is 17.2 Å². The SMILES string of the molecule is CCOc1cc(Br)c(Br)c(C=Nc2ccc(OC)c(Br)c2)c1O. The lowest BCUT2D eigenvalue weighted by Crippen LogP contribution is -1.95. The molecule has 0 saturated carbocycles. The van der Waals surface area contributed by atoms with Gasteiger partial charge in [0, 0.05) is 15.2 Å². The third-order valence-corrected chi connectivity index (χ3v) is 5.60. The van der Waals surface area contributed by atoms with Crippen LogP contribution in [0.15, 0.2) is 42.7 Å². The Balaban J connectivity index is 2.40. The van der Waals surface area contributed by atoms with Gasteiger partial charge in [0.05, 0.1) is 29.4 Å². The molecule has 0 aliphatic carbocycles. The van der Waals surface area contributed by atoms with Crippen molar-refractivity contribution in [3.05, 3.63) is 43.2 Å². The molecule has 0 aromatic heterocycles. The van der Waals surface area contributed by atoms with Gasteiger partial charge in [0.1, 0.15) is 5.75 Å². The highest BCUT2D eigenvalue weighted by Gasteiger charge is 2.14. The fourth-order valence-electron chi connectivity index (χ4n) is 1.87. The highest BCUT2D eigenvalue weighted by molar-refractivity contribution is 9.13. The Bertz CT molecular complexity index is 748. The maximum atomic E-state index is 10.3. The van der Waals surface area contributed by atoms with E-state index in [9.17, 15) is 5.11 Å². The number of ether oxygens (including phenoxy) is 2. The summed E-state index contributed by atoms with van der Waals surface area (Å²) in [5, 5.41) is 10.3. The first-order valence-electron chi connectivity index (χ1n) is 6.69. The number of benzene rings is 2. The molecule has 7 heteroatoms. The zero-order chi connectivity index (χ0) is 17.0. The molecule has 2 aromatic rings. The maximum absolute atomic E-state index is 10.3. The van der Waals surface area contributed by atoms with Gasteiger partial charge in [-0.3, -0.25) is 4.99 Å². The number of aliphatic imine (C=N–C) groups is 1. The molecule has 0 spiro atoms. The summed E-state index contributed by atoms with van der Waals surface area (Å²) in [5.41, 5.74) is 1.26. The minimum absolute atomic E-state index is 0.0400. The number of nitrogens with zero attached hydrogens (tertiary/aromatic N) is 1. The van der Waals surface area contributed by atoms with E-state index in [0.717, 1.165) is 20.4 Å². The van der Waals surface area contributed by atoms with Crippen molar-refractivity contribution in [3.63, 3.8) is 0 Å². The van der Waals surface area contributed by atoms with E-state index in [1.54, 1.807) is 19.4 Å². The number of rotatable bonds is 5. The second-order valence-corrected chi connectivity index (χ2v) is 6.94. The van der Waals surface area contributed by atoms with Crippen molar-refractivity contribution < 1.29 is 14.6 Å². The lowest BCUT2D eigenvalue weighted by atomic mass is 10.2. The lowest BCUT2D eigenvalue weighted by Gasteiger charge is -2.11. The Morgan fingerprint density at radius 2 is 1.87 bits per heavy atom. The monoisotopic (exact) mass is 505 g/mol. The zero-order valence-corrected chi connectivity index (χ0v) is 17.2. The second-order valence-electron chi connectivity index (χ2n) is 4.44. The maximum Gasteiger partial charge on any atom is 0.167 e. The van der Waals surface area contributed by atoms with Crippen LogP contribution in [0.4, 0.5) is 5.69 Å². The summed E-state index contributed by atoms with van der Waals surface area (Å²) in [6, 6.07) is 7.19. The van der Waals surface area contributed by atoms with Crippen LogP contribution >= 0.6 is 47.8 Å². The van der Waals surface area contributed by atoms with Crippen LogP contribution in [0.25, 0.3) is 0 Å². The summed E-state index contributed by atoms with van der Waals surface area (Å²) < 4.78 is 12.9. The first-order valence-corrected chi connectivity index (χ1v) is 9.07. The van der Waals surface area contributed by atoms with Crippen LogP contribution in [-0.4, -0.2) is 25.0 Å². The van der Waals surface area contributed by atoms with Crippen LogP contribution in [0.3, 0.4) is 0 Å². The summed E-state index contributed by atoms with van der Waals surface area (Å²) in [6.45, 7) is 2.32. The van der Waals surface area contributed by atoms with Gasteiger partial charge in [-0.15, -0.1) is 0 Å². The van der Waals surface area contributed by atoms with Crippen molar-refractivity contribution >= 4 is 59.7 Å². The predicted octanol–water partition coefficient (Wildman–Crippen LogP) is 5.84. The van der Waals surface area contributed by atoms with Crippen LogP contribution in [-0.2, 0) is 0 Å². The Hall–Kier alpha value is -1.05. The zero-order valence-electron chi connectivity index (χ0n) is 12.4. The molecule has 122 valence electrons. The molecule has 0 saturated heterocycles. The predicted molar refractivity (Wildman–Crippen MR) is 103 cm³/mol. The summed E-state index contributed by atoms with van der Waals surface area (Å²) >= 11 is 10.3. The molecular weight excluding hydrogens is 494 g/mol.